The maximum Gasteiger partial charge on any atom is 0.417 e. The van der Waals surface area contributed by atoms with Crippen molar-refractivity contribution in [2.24, 2.45) is 0 Å². The molecule has 128 valence electrons. The molecule has 0 atom stereocenters. The summed E-state index contributed by atoms with van der Waals surface area (Å²) in [7, 11) is 0. The predicted octanol–water partition coefficient (Wildman–Crippen LogP) is 6.98. The van der Waals surface area contributed by atoms with Gasteiger partial charge in [-0.3, -0.25) is 0 Å². The smallest absolute Gasteiger partial charge is 0.166 e. The Labute approximate surface area is 153 Å². The Hall–Kier alpha value is -2.07. The molecule has 0 saturated heterocycles. The lowest BCUT2D eigenvalue weighted by molar-refractivity contribution is -0.137. The molecule has 0 radical (unpaired) electrons. The average Bonchev–Trinajstić information content (AvgIpc) is 2.62. The monoisotopic (exact) mass is 404 g/mol. The van der Waals surface area contributed by atoms with Gasteiger partial charge >= 0.3 is 6.18 Å². The fourth-order valence-electron chi connectivity index (χ4n) is 2.84. The number of rotatable bonds is 4. The fourth-order valence-corrected chi connectivity index (χ4v) is 3.30. The lowest BCUT2D eigenvalue weighted by atomic mass is 9.94. The summed E-state index contributed by atoms with van der Waals surface area (Å²) >= 11 is 3.39. The molecule has 3 aromatic rings. The predicted molar refractivity (Wildman–Crippen MR) is 99.8 cm³/mol. The topological polar surface area (TPSA) is 0 Å². The fraction of sp³-hybridized carbons (Fsp3) is 0.143. The molecule has 0 nitrogen and oxygen atoms in total. The number of hydrogen-bond donors (Lipinski definition) is 0. The van der Waals surface area contributed by atoms with Gasteiger partial charge in [-0.15, -0.1) is 0 Å². The van der Waals surface area contributed by atoms with Gasteiger partial charge in [0.1, 0.15) is 0 Å². The molecule has 0 fully saturated rings. The molecule has 0 bridgehead atoms. The van der Waals surface area contributed by atoms with Gasteiger partial charge in [0.05, 0.1) is 5.56 Å². The molecule has 0 saturated carbocycles. The Morgan fingerprint density at radius 2 is 1.40 bits per heavy atom. The van der Waals surface area contributed by atoms with E-state index in [-0.39, 0.29) is 5.56 Å². The number of alkyl halides is 4. The first-order valence-corrected chi connectivity index (χ1v) is 9.03. The van der Waals surface area contributed by atoms with Gasteiger partial charge in [0.25, 0.3) is 0 Å². The van der Waals surface area contributed by atoms with Crippen molar-refractivity contribution in [3.05, 3.63) is 83.9 Å². The standard InChI is InChI=1S/C21H16BrF3/c22-12-11-15-5-4-8-17(13-15)18-9-10-19(16-6-2-1-3-7-16)20(14-18)21(23,24)25/h1-10,13-14H,11-12H2. The van der Waals surface area contributed by atoms with E-state index in [0.717, 1.165) is 22.9 Å². The van der Waals surface area contributed by atoms with E-state index >= 15 is 0 Å². The van der Waals surface area contributed by atoms with E-state index < -0.39 is 11.7 Å². The van der Waals surface area contributed by atoms with Gasteiger partial charge in [-0.1, -0.05) is 82.7 Å². The van der Waals surface area contributed by atoms with E-state index in [9.17, 15) is 13.2 Å². The Bertz CT molecular complexity index is 855. The van der Waals surface area contributed by atoms with Crippen LogP contribution in [0.5, 0.6) is 0 Å². The average molecular weight is 405 g/mol. The molecule has 0 N–H and O–H groups in total. The van der Waals surface area contributed by atoms with Crippen molar-refractivity contribution in [1.29, 1.82) is 0 Å². The minimum atomic E-state index is -4.41. The third kappa shape index (κ3) is 4.13. The lowest BCUT2D eigenvalue weighted by Crippen LogP contribution is -2.07. The highest BCUT2D eigenvalue weighted by molar-refractivity contribution is 9.09. The highest BCUT2D eigenvalue weighted by Gasteiger charge is 2.34. The molecule has 3 rings (SSSR count). The molecule has 0 heterocycles. The van der Waals surface area contributed by atoms with Crippen LogP contribution in [0.2, 0.25) is 0 Å². The van der Waals surface area contributed by atoms with Crippen LogP contribution < -0.4 is 0 Å². The van der Waals surface area contributed by atoms with Crippen LogP contribution in [0, 0.1) is 0 Å². The summed E-state index contributed by atoms with van der Waals surface area (Å²) in [4.78, 5) is 0. The van der Waals surface area contributed by atoms with Crippen molar-refractivity contribution in [3.8, 4) is 22.3 Å². The summed E-state index contributed by atoms with van der Waals surface area (Å²) in [6, 6.07) is 20.9. The maximum atomic E-state index is 13.6. The second-order valence-electron chi connectivity index (χ2n) is 5.76. The molecule has 0 aliphatic carbocycles. The van der Waals surface area contributed by atoms with Crippen LogP contribution in [0.25, 0.3) is 22.3 Å². The van der Waals surface area contributed by atoms with Gasteiger partial charge in [0.15, 0.2) is 0 Å². The van der Waals surface area contributed by atoms with Crippen LogP contribution in [0.4, 0.5) is 13.2 Å². The summed E-state index contributed by atoms with van der Waals surface area (Å²) < 4.78 is 40.9. The van der Waals surface area contributed by atoms with Crippen LogP contribution in [0.1, 0.15) is 11.1 Å². The summed E-state index contributed by atoms with van der Waals surface area (Å²) in [5, 5.41) is 0.817. The van der Waals surface area contributed by atoms with Crippen molar-refractivity contribution in [3.63, 3.8) is 0 Å². The van der Waals surface area contributed by atoms with Crippen molar-refractivity contribution >= 4 is 15.9 Å². The number of aryl methyl sites for hydroxylation is 1. The molecule has 0 spiro atoms. The molecule has 0 amide bonds. The Morgan fingerprint density at radius 3 is 2.08 bits per heavy atom. The van der Waals surface area contributed by atoms with E-state index in [4.69, 9.17) is 0 Å². The minimum absolute atomic E-state index is 0.202. The summed E-state index contributed by atoms with van der Waals surface area (Å²) in [5.74, 6) is 0. The first-order valence-electron chi connectivity index (χ1n) is 7.91. The minimum Gasteiger partial charge on any atom is -0.166 e. The Kier molecular flexibility index (Phi) is 5.28. The van der Waals surface area contributed by atoms with Crippen molar-refractivity contribution in [1.82, 2.24) is 0 Å². The molecule has 0 aromatic heterocycles. The highest BCUT2D eigenvalue weighted by atomic mass is 79.9. The second kappa shape index (κ2) is 7.44. The first-order chi connectivity index (χ1) is 12.0. The zero-order chi connectivity index (χ0) is 17.9. The zero-order valence-corrected chi connectivity index (χ0v) is 14.9. The van der Waals surface area contributed by atoms with Crippen LogP contribution in [-0.2, 0) is 12.6 Å². The largest absolute Gasteiger partial charge is 0.417 e. The normalized spacial score (nSPS) is 11.5. The van der Waals surface area contributed by atoms with E-state index in [1.807, 2.05) is 24.3 Å². The quantitative estimate of drug-likeness (QED) is 0.411. The van der Waals surface area contributed by atoms with Gasteiger partial charge in [0.2, 0.25) is 0 Å². The van der Waals surface area contributed by atoms with Crippen LogP contribution >= 0.6 is 15.9 Å². The highest BCUT2D eigenvalue weighted by Crippen LogP contribution is 2.39. The number of benzene rings is 3. The first kappa shape index (κ1) is 17.7. The van der Waals surface area contributed by atoms with Gasteiger partial charge in [-0.05, 0) is 40.3 Å². The second-order valence-corrected chi connectivity index (χ2v) is 6.56. The van der Waals surface area contributed by atoms with Crippen molar-refractivity contribution < 1.29 is 13.2 Å². The summed E-state index contributed by atoms with van der Waals surface area (Å²) in [5.41, 5.74) is 2.62. The molecule has 0 aliphatic rings. The van der Waals surface area contributed by atoms with E-state index in [2.05, 4.69) is 15.9 Å². The van der Waals surface area contributed by atoms with Crippen LogP contribution in [0.3, 0.4) is 0 Å². The maximum absolute atomic E-state index is 13.6. The van der Waals surface area contributed by atoms with Gasteiger partial charge < -0.3 is 0 Å². The molecule has 0 unspecified atom stereocenters. The Balaban J connectivity index is 2.11. The SMILES string of the molecule is FC(F)(F)c1cc(-c2cccc(CCBr)c2)ccc1-c1ccccc1. The summed E-state index contributed by atoms with van der Waals surface area (Å²) in [6.45, 7) is 0. The zero-order valence-electron chi connectivity index (χ0n) is 13.4. The molecule has 3 aromatic carbocycles. The van der Waals surface area contributed by atoms with Gasteiger partial charge in [-0.25, -0.2) is 0 Å². The third-order valence-corrected chi connectivity index (χ3v) is 4.45. The van der Waals surface area contributed by atoms with E-state index in [1.165, 1.54) is 6.07 Å². The lowest BCUT2D eigenvalue weighted by Gasteiger charge is -2.15. The van der Waals surface area contributed by atoms with Gasteiger partial charge in [-0.2, -0.15) is 13.2 Å². The molecule has 4 heteroatoms. The summed E-state index contributed by atoms with van der Waals surface area (Å²) in [6.07, 6.45) is -3.57. The van der Waals surface area contributed by atoms with E-state index in [1.54, 1.807) is 42.5 Å². The van der Waals surface area contributed by atoms with Crippen molar-refractivity contribution in [2.45, 2.75) is 12.6 Å². The molecule has 25 heavy (non-hydrogen) atoms. The number of halogens is 4. The third-order valence-electron chi connectivity index (χ3n) is 4.05. The van der Waals surface area contributed by atoms with Gasteiger partial charge in [0, 0.05) is 5.33 Å². The van der Waals surface area contributed by atoms with Crippen molar-refractivity contribution in [2.75, 3.05) is 5.33 Å². The molecule has 0 aliphatic heterocycles. The molecular weight excluding hydrogens is 389 g/mol. The Morgan fingerprint density at radius 1 is 0.720 bits per heavy atom. The van der Waals surface area contributed by atoms with E-state index in [0.29, 0.717) is 11.1 Å². The van der Waals surface area contributed by atoms with Crippen LogP contribution in [-0.4, -0.2) is 5.33 Å². The number of hydrogen-bond acceptors (Lipinski definition) is 0. The van der Waals surface area contributed by atoms with Crippen LogP contribution in [0.15, 0.2) is 72.8 Å². The molecular formula is C21H16BrF3.